The van der Waals surface area contributed by atoms with Gasteiger partial charge < -0.3 is 19.9 Å². The minimum atomic E-state index is -1.18. The molecule has 6 nitrogen and oxygen atoms in total. The normalized spacial score (nSPS) is 12.3. The first kappa shape index (κ1) is 17.3. The van der Waals surface area contributed by atoms with Gasteiger partial charge in [-0.2, -0.15) is 0 Å². The Balaban J connectivity index is 4.10. The molecule has 0 unspecified atom stereocenters. The number of amides is 1. The predicted molar refractivity (Wildman–Crippen MR) is 69.7 cm³/mol. The highest BCUT2D eigenvalue weighted by molar-refractivity contribution is 5.80. The third-order valence-electron chi connectivity index (χ3n) is 1.88. The number of unbranched alkanes of at least 4 members (excludes halogenated alkanes) is 1. The average molecular weight is 271 g/mol. The maximum Gasteiger partial charge on any atom is 0.408 e. The van der Waals surface area contributed by atoms with Crippen molar-refractivity contribution in [3.8, 4) is 12.3 Å². The molecule has 1 amide bonds. The summed E-state index contributed by atoms with van der Waals surface area (Å²) < 4.78 is 10.1. The summed E-state index contributed by atoms with van der Waals surface area (Å²) in [4.78, 5) is 22.4. The van der Waals surface area contributed by atoms with Gasteiger partial charge in [0.05, 0.1) is 6.61 Å². The van der Waals surface area contributed by atoms with Gasteiger partial charge in [0.1, 0.15) is 5.60 Å². The lowest BCUT2D eigenvalue weighted by molar-refractivity contribution is -0.141. The molecule has 6 heteroatoms. The molecular weight excluding hydrogens is 250 g/mol. The van der Waals surface area contributed by atoms with Gasteiger partial charge in [0.2, 0.25) is 0 Å². The SMILES string of the molecule is C#CCCCOC[C@H](NC(=O)OC(C)(C)C)C(=O)O. The summed E-state index contributed by atoms with van der Waals surface area (Å²) >= 11 is 0. The maximum atomic E-state index is 11.4. The third kappa shape index (κ3) is 9.92. The highest BCUT2D eigenvalue weighted by Crippen LogP contribution is 2.06. The van der Waals surface area contributed by atoms with E-state index in [2.05, 4.69) is 11.2 Å². The summed E-state index contributed by atoms with van der Waals surface area (Å²) in [6.07, 6.45) is 5.50. The van der Waals surface area contributed by atoms with Crippen LogP contribution < -0.4 is 5.32 Å². The highest BCUT2D eigenvalue weighted by Gasteiger charge is 2.23. The molecular formula is C13H21NO5. The summed E-state index contributed by atoms with van der Waals surface area (Å²) in [5, 5.41) is 11.2. The number of hydrogen-bond acceptors (Lipinski definition) is 4. The smallest absolute Gasteiger partial charge is 0.408 e. The predicted octanol–water partition coefficient (Wildman–Crippen LogP) is 1.39. The van der Waals surface area contributed by atoms with Crippen molar-refractivity contribution in [2.45, 2.75) is 45.3 Å². The molecule has 0 aliphatic heterocycles. The number of carboxylic acids is 1. The van der Waals surface area contributed by atoms with Crippen molar-refractivity contribution < 1.29 is 24.2 Å². The number of terminal acetylenes is 1. The van der Waals surface area contributed by atoms with Crippen LogP contribution in [-0.2, 0) is 14.3 Å². The standard InChI is InChI=1S/C13H21NO5/c1-5-6-7-8-18-9-10(11(15)16)14-12(17)19-13(2,3)4/h1,10H,6-9H2,2-4H3,(H,14,17)(H,15,16)/t10-/m0/s1. The van der Waals surface area contributed by atoms with E-state index in [0.717, 1.165) is 0 Å². The van der Waals surface area contributed by atoms with Crippen molar-refractivity contribution in [3.63, 3.8) is 0 Å². The summed E-state index contributed by atoms with van der Waals surface area (Å²) in [5.74, 6) is 1.27. The number of hydrogen-bond donors (Lipinski definition) is 2. The van der Waals surface area contributed by atoms with Crippen molar-refractivity contribution >= 4 is 12.1 Å². The van der Waals surface area contributed by atoms with Crippen LogP contribution >= 0.6 is 0 Å². The van der Waals surface area contributed by atoms with E-state index in [1.165, 1.54) is 0 Å². The number of carbonyl (C=O) groups excluding carboxylic acids is 1. The van der Waals surface area contributed by atoms with Crippen LogP contribution in [0.5, 0.6) is 0 Å². The molecule has 0 heterocycles. The third-order valence-corrected chi connectivity index (χ3v) is 1.88. The Morgan fingerprint density at radius 2 is 2.05 bits per heavy atom. The minimum absolute atomic E-state index is 0.126. The summed E-state index contributed by atoms with van der Waals surface area (Å²) in [7, 11) is 0. The molecule has 0 rings (SSSR count). The lowest BCUT2D eigenvalue weighted by Crippen LogP contribution is -2.46. The Kier molecular flexibility index (Phi) is 7.61. The summed E-state index contributed by atoms with van der Waals surface area (Å²) in [5.41, 5.74) is -0.680. The van der Waals surface area contributed by atoms with Crippen LogP contribution in [0, 0.1) is 12.3 Å². The molecule has 0 fully saturated rings. The van der Waals surface area contributed by atoms with Crippen molar-refractivity contribution in [2.75, 3.05) is 13.2 Å². The fourth-order valence-electron chi connectivity index (χ4n) is 1.10. The van der Waals surface area contributed by atoms with Gasteiger partial charge in [-0.25, -0.2) is 9.59 Å². The minimum Gasteiger partial charge on any atom is -0.480 e. The van der Waals surface area contributed by atoms with Gasteiger partial charge in [0.15, 0.2) is 6.04 Å². The van der Waals surface area contributed by atoms with Gasteiger partial charge in [0.25, 0.3) is 0 Å². The van der Waals surface area contributed by atoms with Crippen LogP contribution in [0.4, 0.5) is 4.79 Å². The number of ether oxygens (including phenoxy) is 2. The number of nitrogens with one attached hydrogen (secondary N) is 1. The number of carbonyl (C=O) groups is 2. The van der Waals surface area contributed by atoms with E-state index >= 15 is 0 Å². The molecule has 0 saturated heterocycles. The number of alkyl carbamates (subject to hydrolysis) is 1. The maximum absolute atomic E-state index is 11.4. The largest absolute Gasteiger partial charge is 0.480 e. The van der Waals surface area contributed by atoms with E-state index in [-0.39, 0.29) is 6.61 Å². The van der Waals surface area contributed by atoms with Crippen LogP contribution in [0.2, 0.25) is 0 Å². The average Bonchev–Trinajstić information content (AvgIpc) is 2.24. The van der Waals surface area contributed by atoms with E-state index in [0.29, 0.717) is 19.4 Å². The molecule has 0 aliphatic rings. The monoisotopic (exact) mass is 271 g/mol. The van der Waals surface area contributed by atoms with Gasteiger partial charge in [-0.05, 0) is 27.2 Å². The van der Waals surface area contributed by atoms with Crippen LogP contribution in [0.3, 0.4) is 0 Å². The number of aliphatic carboxylic acids is 1. The Labute approximate surface area is 113 Å². The molecule has 0 aromatic rings. The zero-order valence-corrected chi connectivity index (χ0v) is 11.6. The zero-order chi connectivity index (χ0) is 14.9. The Bertz CT molecular complexity index is 340. The zero-order valence-electron chi connectivity index (χ0n) is 11.6. The van der Waals surface area contributed by atoms with E-state index in [9.17, 15) is 9.59 Å². The number of rotatable bonds is 7. The molecule has 0 spiro atoms. The van der Waals surface area contributed by atoms with E-state index in [1.54, 1.807) is 20.8 Å². The Morgan fingerprint density at radius 1 is 1.42 bits per heavy atom. The lowest BCUT2D eigenvalue weighted by atomic mass is 10.2. The lowest BCUT2D eigenvalue weighted by Gasteiger charge is -2.21. The van der Waals surface area contributed by atoms with Crippen molar-refractivity contribution in [1.29, 1.82) is 0 Å². The van der Waals surface area contributed by atoms with Crippen molar-refractivity contribution in [1.82, 2.24) is 5.32 Å². The molecule has 0 saturated carbocycles. The van der Waals surface area contributed by atoms with Crippen LogP contribution in [0.1, 0.15) is 33.6 Å². The van der Waals surface area contributed by atoms with Crippen molar-refractivity contribution in [3.05, 3.63) is 0 Å². The highest BCUT2D eigenvalue weighted by atomic mass is 16.6. The molecule has 1 atom stereocenters. The van der Waals surface area contributed by atoms with E-state index in [4.69, 9.17) is 21.0 Å². The first-order valence-electron chi connectivity index (χ1n) is 6.00. The van der Waals surface area contributed by atoms with Crippen LogP contribution in [0.15, 0.2) is 0 Å². The second-order valence-electron chi connectivity index (χ2n) is 4.92. The van der Waals surface area contributed by atoms with E-state index < -0.39 is 23.7 Å². The van der Waals surface area contributed by atoms with Crippen LogP contribution in [-0.4, -0.2) is 42.0 Å². The molecule has 108 valence electrons. The summed E-state index contributed by atoms with van der Waals surface area (Å²) in [6, 6.07) is -1.14. The number of carboxylic acid groups (broad SMARTS) is 1. The Hall–Kier alpha value is -1.74. The van der Waals surface area contributed by atoms with Gasteiger partial charge in [-0.15, -0.1) is 12.3 Å². The first-order valence-corrected chi connectivity index (χ1v) is 6.00. The van der Waals surface area contributed by atoms with E-state index in [1.807, 2.05) is 0 Å². The van der Waals surface area contributed by atoms with Gasteiger partial charge in [-0.1, -0.05) is 0 Å². The van der Waals surface area contributed by atoms with Gasteiger partial charge in [0, 0.05) is 13.0 Å². The van der Waals surface area contributed by atoms with Crippen LogP contribution in [0.25, 0.3) is 0 Å². The molecule has 0 aromatic carbocycles. The first-order chi connectivity index (χ1) is 8.76. The fourth-order valence-corrected chi connectivity index (χ4v) is 1.10. The molecule has 2 N–H and O–H groups in total. The van der Waals surface area contributed by atoms with Gasteiger partial charge >= 0.3 is 12.1 Å². The second-order valence-corrected chi connectivity index (χ2v) is 4.92. The van der Waals surface area contributed by atoms with Crippen molar-refractivity contribution in [2.24, 2.45) is 0 Å². The molecule has 0 aliphatic carbocycles. The summed E-state index contributed by atoms with van der Waals surface area (Å²) in [6.45, 7) is 5.30. The fraction of sp³-hybridized carbons (Fsp3) is 0.692. The Morgan fingerprint density at radius 3 is 2.53 bits per heavy atom. The molecule has 0 bridgehead atoms. The second kappa shape index (κ2) is 8.38. The molecule has 0 aromatic heterocycles. The molecule has 0 radical (unpaired) electrons. The quantitative estimate of drug-likeness (QED) is 0.540. The topological polar surface area (TPSA) is 84.9 Å². The van der Waals surface area contributed by atoms with Gasteiger partial charge in [-0.3, -0.25) is 0 Å². The molecule has 19 heavy (non-hydrogen) atoms.